The summed E-state index contributed by atoms with van der Waals surface area (Å²) in [7, 11) is 0. The van der Waals surface area contributed by atoms with E-state index in [9.17, 15) is 9.18 Å². The summed E-state index contributed by atoms with van der Waals surface area (Å²) in [4.78, 5) is 13.4. The fraction of sp³-hybridized carbons (Fsp3) is 0.500. The highest BCUT2D eigenvalue weighted by molar-refractivity contribution is 5.79. The monoisotopic (exact) mass is 235 g/mol. The third-order valence-corrected chi connectivity index (χ3v) is 3.32. The summed E-state index contributed by atoms with van der Waals surface area (Å²) in [5.74, 6) is 0.246. The zero-order chi connectivity index (χ0) is 12.4. The van der Waals surface area contributed by atoms with Crippen molar-refractivity contribution in [2.75, 3.05) is 13.1 Å². The minimum absolute atomic E-state index is 0.109. The number of carbonyl (C=O) groups is 1. The molecule has 17 heavy (non-hydrogen) atoms. The summed E-state index contributed by atoms with van der Waals surface area (Å²) in [6, 6.07) is 3.80. The first kappa shape index (κ1) is 12.2. The van der Waals surface area contributed by atoms with Crippen molar-refractivity contribution >= 4 is 5.78 Å². The lowest BCUT2D eigenvalue weighted by Crippen LogP contribution is -2.33. The summed E-state index contributed by atoms with van der Waals surface area (Å²) in [5.41, 5.74) is 2.54. The maximum Gasteiger partial charge on any atom is 0.135 e. The van der Waals surface area contributed by atoms with Crippen LogP contribution in [0.1, 0.15) is 29.5 Å². The first-order valence-electron chi connectivity index (χ1n) is 6.06. The maximum absolute atomic E-state index is 13.5. The van der Waals surface area contributed by atoms with Gasteiger partial charge in [0.1, 0.15) is 11.6 Å². The predicted molar refractivity (Wildman–Crippen MR) is 65.4 cm³/mol. The number of halogens is 1. The number of piperidine rings is 1. The average molecular weight is 235 g/mol. The zero-order valence-electron chi connectivity index (χ0n) is 10.4. The molecule has 0 amide bonds. The molecule has 92 valence electrons. The number of likely N-dealkylation sites (tertiary alicyclic amines) is 1. The van der Waals surface area contributed by atoms with Gasteiger partial charge in [-0.15, -0.1) is 0 Å². The molecule has 2 rings (SSSR count). The predicted octanol–water partition coefficient (Wildman–Crippen LogP) is 2.61. The zero-order valence-corrected chi connectivity index (χ0v) is 10.4. The van der Waals surface area contributed by atoms with E-state index in [0.717, 1.165) is 25.2 Å². The second kappa shape index (κ2) is 4.96. The largest absolute Gasteiger partial charge is 0.300 e. The van der Waals surface area contributed by atoms with Gasteiger partial charge in [-0.05, 0) is 30.5 Å². The molecule has 1 aliphatic rings. The van der Waals surface area contributed by atoms with Gasteiger partial charge in [0.05, 0.1) is 0 Å². The van der Waals surface area contributed by atoms with Crippen LogP contribution >= 0.6 is 0 Å². The molecule has 1 aliphatic heterocycles. The Balaban J connectivity index is 2.06. The van der Waals surface area contributed by atoms with Gasteiger partial charge in [-0.3, -0.25) is 9.69 Å². The Bertz CT molecular complexity index is 409. The van der Waals surface area contributed by atoms with E-state index in [2.05, 4.69) is 4.90 Å². The lowest BCUT2D eigenvalue weighted by molar-refractivity contribution is -0.121. The highest BCUT2D eigenvalue weighted by atomic mass is 19.1. The Morgan fingerprint density at radius 1 is 1.18 bits per heavy atom. The molecule has 0 bridgehead atoms. The van der Waals surface area contributed by atoms with Crippen LogP contribution < -0.4 is 0 Å². The van der Waals surface area contributed by atoms with Crippen molar-refractivity contribution in [3.63, 3.8) is 0 Å². The maximum atomic E-state index is 13.5. The number of hydrogen-bond acceptors (Lipinski definition) is 2. The summed E-state index contributed by atoms with van der Waals surface area (Å²) in [6.07, 6.45) is 1.30. The lowest BCUT2D eigenvalue weighted by Gasteiger charge is -2.26. The van der Waals surface area contributed by atoms with Gasteiger partial charge in [0.15, 0.2) is 0 Å². The van der Waals surface area contributed by atoms with Crippen molar-refractivity contribution in [1.29, 1.82) is 0 Å². The van der Waals surface area contributed by atoms with E-state index < -0.39 is 0 Å². The van der Waals surface area contributed by atoms with Gasteiger partial charge in [0.2, 0.25) is 0 Å². The van der Waals surface area contributed by atoms with Gasteiger partial charge in [-0.1, -0.05) is 12.1 Å². The molecule has 0 spiro atoms. The van der Waals surface area contributed by atoms with E-state index in [0.29, 0.717) is 29.8 Å². The summed E-state index contributed by atoms with van der Waals surface area (Å²) < 4.78 is 13.5. The van der Waals surface area contributed by atoms with Crippen LogP contribution in [0.3, 0.4) is 0 Å². The second-order valence-corrected chi connectivity index (χ2v) is 4.86. The molecule has 0 atom stereocenters. The van der Waals surface area contributed by atoms with E-state index in [1.54, 1.807) is 13.8 Å². The molecule has 1 saturated heterocycles. The Kier molecular flexibility index (Phi) is 3.57. The van der Waals surface area contributed by atoms with E-state index in [1.807, 2.05) is 12.1 Å². The summed E-state index contributed by atoms with van der Waals surface area (Å²) in [6.45, 7) is 6.06. The average Bonchev–Trinajstić information content (AvgIpc) is 2.29. The normalized spacial score (nSPS) is 17.5. The van der Waals surface area contributed by atoms with Crippen molar-refractivity contribution in [1.82, 2.24) is 4.90 Å². The molecule has 0 aliphatic carbocycles. The Morgan fingerprint density at radius 3 is 2.24 bits per heavy atom. The molecule has 1 fully saturated rings. The molecule has 3 heteroatoms. The van der Waals surface area contributed by atoms with Gasteiger partial charge in [-0.25, -0.2) is 4.39 Å². The van der Waals surface area contributed by atoms with Gasteiger partial charge < -0.3 is 0 Å². The Labute approximate surface area is 101 Å². The van der Waals surface area contributed by atoms with Crippen LogP contribution in [0.25, 0.3) is 0 Å². The molecular formula is C14H18FNO. The molecular weight excluding hydrogens is 217 g/mol. The van der Waals surface area contributed by atoms with Gasteiger partial charge in [0, 0.05) is 32.5 Å². The highest BCUT2D eigenvalue weighted by Crippen LogP contribution is 2.17. The molecule has 1 heterocycles. The number of rotatable bonds is 2. The van der Waals surface area contributed by atoms with Crippen molar-refractivity contribution in [2.45, 2.75) is 33.2 Å². The van der Waals surface area contributed by atoms with Gasteiger partial charge >= 0.3 is 0 Å². The van der Waals surface area contributed by atoms with Gasteiger partial charge in [-0.2, -0.15) is 0 Å². The van der Waals surface area contributed by atoms with Crippen molar-refractivity contribution in [3.05, 3.63) is 34.6 Å². The first-order valence-corrected chi connectivity index (χ1v) is 6.06. The van der Waals surface area contributed by atoms with E-state index >= 15 is 0 Å². The number of carbonyl (C=O) groups excluding carboxylic acids is 1. The number of Topliss-reactive ketones (excluding diaryl/α,β-unsaturated/α-hetero) is 1. The van der Waals surface area contributed by atoms with E-state index in [1.165, 1.54) is 0 Å². The van der Waals surface area contributed by atoms with Crippen LogP contribution in [-0.4, -0.2) is 23.8 Å². The molecule has 0 saturated carbocycles. The minimum Gasteiger partial charge on any atom is -0.300 e. The fourth-order valence-electron chi connectivity index (χ4n) is 2.35. The van der Waals surface area contributed by atoms with Crippen LogP contribution in [0.2, 0.25) is 0 Å². The fourth-order valence-corrected chi connectivity index (χ4v) is 2.35. The second-order valence-electron chi connectivity index (χ2n) is 4.86. The number of nitrogens with zero attached hydrogens (tertiary/aromatic N) is 1. The Morgan fingerprint density at radius 2 is 1.71 bits per heavy atom. The number of benzene rings is 1. The molecule has 0 aromatic heterocycles. The topological polar surface area (TPSA) is 20.3 Å². The number of ketones is 1. The molecule has 0 unspecified atom stereocenters. The van der Waals surface area contributed by atoms with Crippen LogP contribution in [0.15, 0.2) is 12.1 Å². The quantitative estimate of drug-likeness (QED) is 0.785. The summed E-state index contributed by atoms with van der Waals surface area (Å²) in [5, 5.41) is 0. The SMILES string of the molecule is Cc1cc(CN2CCC(=O)CC2)cc(C)c1F. The highest BCUT2D eigenvalue weighted by Gasteiger charge is 2.16. The van der Waals surface area contributed by atoms with Crippen molar-refractivity contribution in [3.8, 4) is 0 Å². The third-order valence-electron chi connectivity index (χ3n) is 3.32. The van der Waals surface area contributed by atoms with Crippen molar-refractivity contribution in [2.24, 2.45) is 0 Å². The smallest absolute Gasteiger partial charge is 0.135 e. The number of hydrogen-bond donors (Lipinski definition) is 0. The van der Waals surface area contributed by atoms with Crippen LogP contribution in [0, 0.1) is 19.7 Å². The molecule has 0 radical (unpaired) electrons. The molecule has 2 nitrogen and oxygen atoms in total. The van der Waals surface area contributed by atoms with Gasteiger partial charge in [0.25, 0.3) is 0 Å². The van der Waals surface area contributed by atoms with E-state index in [4.69, 9.17) is 0 Å². The standard InChI is InChI=1S/C14H18FNO/c1-10-7-12(8-11(2)14(10)15)9-16-5-3-13(17)4-6-16/h7-8H,3-6,9H2,1-2H3. The Hall–Kier alpha value is -1.22. The minimum atomic E-state index is -0.109. The van der Waals surface area contributed by atoms with Crippen LogP contribution in [0.4, 0.5) is 4.39 Å². The molecule has 1 aromatic rings. The van der Waals surface area contributed by atoms with Crippen LogP contribution in [0.5, 0.6) is 0 Å². The molecule has 1 aromatic carbocycles. The third kappa shape index (κ3) is 2.91. The van der Waals surface area contributed by atoms with Crippen molar-refractivity contribution < 1.29 is 9.18 Å². The first-order chi connectivity index (χ1) is 8.06. The van der Waals surface area contributed by atoms with Crippen LogP contribution in [-0.2, 0) is 11.3 Å². The van der Waals surface area contributed by atoms with E-state index in [-0.39, 0.29) is 5.82 Å². The number of aryl methyl sites for hydroxylation is 2. The summed E-state index contributed by atoms with van der Waals surface area (Å²) >= 11 is 0. The lowest BCUT2D eigenvalue weighted by atomic mass is 10.0. The molecule has 0 N–H and O–H groups in total.